The van der Waals surface area contributed by atoms with Gasteiger partial charge in [0, 0.05) is 0 Å². The minimum Gasteiger partial charge on any atom is -0.397 e. The van der Waals surface area contributed by atoms with Crippen LogP contribution in [0.2, 0.25) is 5.02 Å². The van der Waals surface area contributed by atoms with Crippen LogP contribution in [-0.2, 0) is 0 Å². The Balaban J connectivity index is 2.23. The van der Waals surface area contributed by atoms with E-state index in [4.69, 9.17) is 22.6 Å². The second kappa shape index (κ2) is 5.08. The standard InChI is InChI=1S/C12H8ClN3OS/c13-8-5-7(6-14)1-2-10(8)16-12(17)11-9(15)3-4-18-11/h1-5H,15H2,(H,16,17). The number of carbonyl (C=O) groups excluding carboxylic acids is 1. The third-order valence-electron chi connectivity index (χ3n) is 2.25. The van der Waals surface area contributed by atoms with Gasteiger partial charge in [0.05, 0.1) is 28.0 Å². The zero-order valence-corrected chi connectivity index (χ0v) is 10.7. The highest BCUT2D eigenvalue weighted by atomic mass is 35.5. The number of nitriles is 1. The van der Waals surface area contributed by atoms with Gasteiger partial charge in [0.1, 0.15) is 4.88 Å². The van der Waals surface area contributed by atoms with Gasteiger partial charge < -0.3 is 11.1 Å². The van der Waals surface area contributed by atoms with Crippen molar-refractivity contribution >= 4 is 40.2 Å². The van der Waals surface area contributed by atoms with Gasteiger partial charge in [-0.2, -0.15) is 5.26 Å². The molecule has 0 saturated heterocycles. The minimum absolute atomic E-state index is 0.311. The Kier molecular flexibility index (Phi) is 3.51. The van der Waals surface area contributed by atoms with Gasteiger partial charge >= 0.3 is 0 Å². The number of thiophene rings is 1. The molecule has 0 unspecified atom stereocenters. The van der Waals surface area contributed by atoms with Gasteiger partial charge in [-0.05, 0) is 29.6 Å². The van der Waals surface area contributed by atoms with Gasteiger partial charge in [-0.15, -0.1) is 11.3 Å². The number of nitrogens with one attached hydrogen (secondary N) is 1. The Hall–Kier alpha value is -2.03. The van der Waals surface area contributed by atoms with E-state index in [1.807, 2.05) is 6.07 Å². The highest BCUT2D eigenvalue weighted by molar-refractivity contribution is 7.12. The molecule has 0 atom stereocenters. The van der Waals surface area contributed by atoms with Crippen molar-refractivity contribution in [1.82, 2.24) is 0 Å². The summed E-state index contributed by atoms with van der Waals surface area (Å²) in [4.78, 5) is 12.3. The van der Waals surface area contributed by atoms with Gasteiger partial charge in [-0.3, -0.25) is 4.79 Å². The third kappa shape index (κ3) is 2.45. The first-order valence-corrected chi connectivity index (χ1v) is 6.21. The van der Waals surface area contributed by atoms with Crippen molar-refractivity contribution in [3.63, 3.8) is 0 Å². The lowest BCUT2D eigenvalue weighted by atomic mass is 10.2. The van der Waals surface area contributed by atoms with Crippen molar-refractivity contribution < 1.29 is 4.79 Å². The van der Waals surface area contributed by atoms with Crippen LogP contribution in [0, 0.1) is 11.3 Å². The van der Waals surface area contributed by atoms with Crippen LogP contribution in [0.4, 0.5) is 11.4 Å². The summed E-state index contributed by atoms with van der Waals surface area (Å²) in [6, 6.07) is 8.30. The number of nitrogens with two attached hydrogens (primary N) is 1. The molecule has 0 spiro atoms. The number of carbonyl (C=O) groups is 1. The van der Waals surface area contributed by atoms with Crippen molar-refractivity contribution in [2.75, 3.05) is 11.1 Å². The average molecular weight is 278 g/mol. The number of halogens is 1. The fourth-order valence-electron chi connectivity index (χ4n) is 1.37. The van der Waals surface area contributed by atoms with E-state index in [2.05, 4.69) is 5.32 Å². The SMILES string of the molecule is N#Cc1ccc(NC(=O)c2sccc2N)c(Cl)c1. The van der Waals surface area contributed by atoms with E-state index in [0.717, 1.165) is 0 Å². The molecule has 4 nitrogen and oxygen atoms in total. The summed E-state index contributed by atoms with van der Waals surface area (Å²) in [5.74, 6) is -0.311. The number of hydrogen-bond acceptors (Lipinski definition) is 4. The number of hydrogen-bond donors (Lipinski definition) is 2. The fourth-order valence-corrected chi connectivity index (χ4v) is 2.31. The lowest BCUT2D eigenvalue weighted by Gasteiger charge is -2.06. The van der Waals surface area contributed by atoms with Crippen molar-refractivity contribution in [2.24, 2.45) is 0 Å². The Morgan fingerprint density at radius 3 is 2.78 bits per heavy atom. The molecule has 0 radical (unpaired) electrons. The Morgan fingerprint density at radius 1 is 1.44 bits per heavy atom. The largest absolute Gasteiger partial charge is 0.397 e. The normalized spacial score (nSPS) is 9.78. The molecular weight excluding hydrogens is 270 g/mol. The van der Waals surface area contributed by atoms with Crippen molar-refractivity contribution in [3.8, 4) is 6.07 Å². The van der Waals surface area contributed by atoms with Crippen molar-refractivity contribution in [2.45, 2.75) is 0 Å². The van der Waals surface area contributed by atoms with E-state index in [9.17, 15) is 4.79 Å². The summed E-state index contributed by atoms with van der Waals surface area (Å²) in [7, 11) is 0. The van der Waals surface area contributed by atoms with Gasteiger partial charge in [-0.1, -0.05) is 11.6 Å². The molecule has 1 amide bonds. The number of nitrogen functional groups attached to an aromatic ring is 1. The molecule has 1 aromatic carbocycles. The molecule has 0 saturated carbocycles. The van der Waals surface area contributed by atoms with Gasteiger partial charge in [0.25, 0.3) is 5.91 Å². The molecule has 90 valence electrons. The van der Waals surface area contributed by atoms with Crippen LogP contribution in [0.5, 0.6) is 0 Å². The van der Waals surface area contributed by atoms with E-state index in [1.54, 1.807) is 23.6 Å². The molecule has 0 bridgehead atoms. The predicted molar refractivity (Wildman–Crippen MR) is 72.9 cm³/mol. The molecule has 0 fully saturated rings. The molecule has 1 heterocycles. The molecule has 2 rings (SSSR count). The van der Waals surface area contributed by atoms with Crippen LogP contribution >= 0.6 is 22.9 Å². The third-order valence-corrected chi connectivity index (χ3v) is 3.49. The zero-order chi connectivity index (χ0) is 13.1. The number of benzene rings is 1. The first-order valence-electron chi connectivity index (χ1n) is 4.96. The molecule has 1 aromatic heterocycles. The summed E-state index contributed by atoms with van der Waals surface area (Å²) < 4.78 is 0. The first-order chi connectivity index (χ1) is 8.61. The maximum Gasteiger partial charge on any atom is 0.267 e. The lowest BCUT2D eigenvalue weighted by Crippen LogP contribution is -2.12. The quantitative estimate of drug-likeness (QED) is 0.885. The van der Waals surface area contributed by atoms with Crippen LogP contribution in [-0.4, -0.2) is 5.91 Å². The summed E-state index contributed by atoms with van der Waals surface area (Å²) in [5, 5.41) is 13.4. The van der Waals surface area contributed by atoms with Crippen LogP contribution in [0.3, 0.4) is 0 Å². The average Bonchev–Trinajstić information content (AvgIpc) is 2.78. The first kappa shape index (κ1) is 12.4. The van der Waals surface area contributed by atoms with E-state index in [-0.39, 0.29) is 5.91 Å². The van der Waals surface area contributed by atoms with Crippen LogP contribution in [0.1, 0.15) is 15.2 Å². The van der Waals surface area contributed by atoms with Crippen LogP contribution in [0.25, 0.3) is 0 Å². The van der Waals surface area contributed by atoms with Crippen LogP contribution in [0.15, 0.2) is 29.6 Å². The highest BCUT2D eigenvalue weighted by Crippen LogP contribution is 2.25. The Bertz CT molecular complexity index is 645. The molecule has 0 aliphatic carbocycles. The minimum atomic E-state index is -0.311. The fraction of sp³-hybridized carbons (Fsp3) is 0. The maximum absolute atomic E-state index is 11.9. The second-order valence-corrected chi connectivity index (χ2v) is 4.79. The number of rotatable bonds is 2. The molecule has 0 aliphatic rings. The second-order valence-electron chi connectivity index (χ2n) is 3.47. The van der Waals surface area contributed by atoms with E-state index in [1.165, 1.54) is 17.4 Å². The summed E-state index contributed by atoms with van der Waals surface area (Å²) in [6.45, 7) is 0. The molecule has 3 N–H and O–H groups in total. The van der Waals surface area contributed by atoms with Gasteiger partial charge in [0.2, 0.25) is 0 Å². The molecule has 18 heavy (non-hydrogen) atoms. The number of nitrogens with zero attached hydrogens (tertiary/aromatic N) is 1. The van der Waals surface area contributed by atoms with E-state index < -0.39 is 0 Å². The Labute approximate surface area is 113 Å². The number of anilines is 2. The summed E-state index contributed by atoms with van der Waals surface area (Å²) in [5.41, 5.74) is 6.98. The molecular formula is C12H8ClN3OS. The summed E-state index contributed by atoms with van der Waals surface area (Å²) >= 11 is 7.22. The lowest BCUT2D eigenvalue weighted by molar-refractivity contribution is 0.103. The van der Waals surface area contributed by atoms with E-state index >= 15 is 0 Å². The monoisotopic (exact) mass is 277 g/mol. The zero-order valence-electron chi connectivity index (χ0n) is 9.11. The van der Waals surface area contributed by atoms with E-state index in [0.29, 0.717) is 26.8 Å². The van der Waals surface area contributed by atoms with Crippen LogP contribution < -0.4 is 11.1 Å². The molecule has 2 aromatic rings. The highest BCUT2D eigenvalue weighted by Gasteiger charge is 2.13. The molecule has 6 heteroatoms. The van der Waals surface area contributed by atoms with Gasteiger partial charge in [-0.25, -0.2) is 0 Å². The molecule has 0 aliphatic heterocycles. The van der Waals surface area contributed by atoms with Crippen molar-refractivity contribution in [3.05, 3.63) is 45.1 Å². The topological polar surface area (TPSA) is 78.9 Å². The predicted octanol–water partition coefficient (Wildman–Crippen LogP) is 3.11. The Morgan fingerprint density at radius 2 is 2.22 bits per heavy atom. The number of amides is 1. The van der Waals surface area contributed by atoms with Gasteiger partial charge in [0.15, 0.2) is 0 Å². The summed E-state index contributed by atoms with van der Waals surface area (Å²) in [6.07, 6.45) is 0. The maximum atomic E-state index is 11.9. The smallest absolute Gasteiger partial charge is 0.267 e. The van der Waals surface area contributed by atoms with Crippen molar-refractivity contribution in [1.29, 1.82) is 5.26 Å².